The van der Waals surface area contributed by atoms with Crippen molar-refractivity contribution in [3.05, 3.63) is 35.5 Å². The molecule has 88 valence electrons. The van der Waals surface area contributed by atoms with Gasteiger partial charge in [-0.15, -0.1) is 0 Å². The lowest BCUT2D eigenvalue weighted by Crippen LogP contribution is -2.20. The molecule has 0 aliphatic rings. The number of benzene rings is 1. The van der Waals surface area contributed by atoms with Crippen molar-refractivity contribution in [1.29, 1.82) is 0 Å². The molecule has 0 fully saturated rings. The number of ether oxygens (including phenoxy) is 1. The van der Waals surface area contributed by atoms with Gasteiger partial charge in [-0.25, -0.2) is 0 Å². The molecule has 1 aromatic carbocycles. The van der Waals surface area contributed by atoms with E-state index in [9.17, 15) is 4.79 Å². The zero-order chi connectivity index (χ0) is 12.4. The Bertz CT molecular complexity index is 579. The third-order valence-corrected chi connectivity index (χ3v) is 2.50. The minimum absolute atomic E-state index is 0.119. The number of rotatable bonds is 3. The molecule has 4 heteroatoms. The average molecular weight is 230 g/mol. The van der Waals surface area contributed by atoms with Crippen molar-refractivity contribution < 1.29 is 9.53 Å². The first kappa shape index (κ1) is 11.4. The summed E-state index contributed by atoms with van der Waals surface area (Å²) in [6.45, 7) is 3.77. The van der Waals surface area contributed by atoms with Crippen LogP contribution in [0.2, 0.25) is 0 Å². The van der Waals surface area contributed by atoms with Crippen LogP contribution in [0.4, 0.5) is 0 Å². The van der Waals surface area contributed by atoms with E-state index < -0.39 is 5.91 Å². The second kappa shape index (κ2) is 4.41. The van der Waals surface area contributed by atoms with Crippen LogP contribution in [0.3, 0.4) is 0 Å². The predicted octanol–water partition coefficient (Wildman–Crippen LogP) is 1.72. The maximum atomic E-state index is 10.7. The minimum Gasteiger partial charge on any atom is -0.483 e. The van der Waals surface area contributed by atoms with Gasteiger partial charge in [0.15, 0.2) is 6.61 Å². The number of pyridine rings is 1. The number of hydrogen-bond acceptors (Lipinski definition) is 3. The summed E-state index contributed by atoms with van der Waals surface area (Å²) in [6.07, 6.45) is 0. The molecule has 0 spiro atoms. The van der Waals surface area contributed by atoms with Crippen LogP contribution < -0.4 is 10.5 Å². The number of hydrogen-bond donors (Lipinski definition) is 1. The van der Waals surface area contributed by atoms with Crippen molar-refractivity contribution in [2.45, 2.75) is 13.8 Å². The summed E-state index contributed by atoms with van der Waals surface area (Å²) in [5, 5.41) is 0.900. The number of nitrogens with two attached hydrogens (primary N) is 1. The Labute approximate surface area is 99.4 Å². The van der Waals surface area contributed by atoms with Crippen LogP contribution in [0.1, 0.15) is 11.3 Å². The molecule has 1 heterocycles. The largest absolute Gasteiger partial charge is 0.483 e. The van der Waals surface area contributed by atoms with Gasteiger partial charge in [-0.05, 0) is 25.5 Å². The monoisotopic (exact) mass is 230 g/mol. The summed E-state index contributed by atoms with van der Waals surface area (Å²) < 4.78 is 5.40. The third-order valence-electron chi connectivity index (χ3n) is 2.50. The Morgan fingerprint density at radius 3 is 2.88 bits per heavy atom. The molecule has 0 aliphatic heterocycles. The fourth-order valence-corrected chi connectivity index (χ4v) is 1.75. The predicted molar refractivity (Wildman–Crippen MR) is 65.9 cm³/mol. The van der Waals surface area contributed by atoms with Crippen LogP contribution in [0, 0.1) is 13.8 Å². The number of para-hydroxylation sites is 1. The zero-order valence-corrected chi connectivity index (χ0v) is 9.86. The lowest BCUT2D eigenvalue weighted by Gasteiger charge is -2.10. The summed E-state index contributed by atoms with van der Waals surface area (Å²) in [5.74, 6) is 0.162. The highest BCUT2D eigenvalue weighted by Gasteiger charge is 2.07. The molecule has 0 atom stereocenters. The number of aromatic nitrogens is 1. The Morgan fingerprint density at radius 2 is 2.18 bits per heavy atom. The van der Waals surface area contributed by atoms with Gasteiger partial charge in [-0.3, -0.25) is 9.78 Å². The SMILES string of the molecule is Cc1cc(OCC(N)=O)c2cccc(C)c2n1. The van der Waals surface area contributed by atoms with Crippen molar-refractivity contribution in [3.8, 4) is 5.75 Å². The Balaban J connectivity index is 2.54. The average Bonchev–Trinajstić information content (AvgIpc) is 2.27. The first-order chi connectivity index (χ1) is 8.08. The van der Waals surface area contributed by atoms with Gasteiger partial charge in [0.05, 0.1) is 5.52 Å². The van der Waals surface area contributed by atoms with E-state index in [-0.39, 0.29) is 6.61 Å². The number of carbonyl (C=O) groups is 1. The molecule has 0 bridgehead atoms. The van der Waals surface area contributed by atoms with Gasteiger partial charge in [0.1, 0.15) is 5.75 Å². The van der Waals surface area contributed by atoms with Crippen LogP contribution in [0.25, 0.3) is 10.9 Å². The number of fused-ring (bicyclic) bond motifs is 1. The van der Waals surface area contributed by atoms with Crippen LogP contribution in [-0.2, 0) is 4.79 Å². The third kappa shape index (κ3) is 2.36. The molecule has 2 aromatic rings. The van der Waals surface area contributed by atoms with Gasteiger partial charge in [-0.2, -0.15) is 0 Å². The van der Waals surface area contributed by atoms with Gasteiger partial charge in [0, 0.05) is 17.1 Å². The highest BCUT2D eigenvalue weighted by molar-refractivity contribution is 5.88. The summed E-state index contributed by atoms with van der Waals surface area (Å²) >= 11 is 0. The molecule has 0 aliphatic carbocycles. The molecule has 1 amide bonds. The number of amides is 1. The lowest BCUT2D eigenvalue weighted by atomic mass is 10.1. The molecule has 0 unspecified atom stereocenters. The fourth-order valence-electron chi connectivity index (χ4n) is 1.75. The second-order valence-electron chi connectivity index (χ2n) is 3.99. The standard InChI is InChI=1S/C13H14N2O2/c1-8-4-3-5-10-11(17-7-12(14)16)6-9(2)15-13(8)10/h3-6H,7H2,1-2H3,(H2,14,16). The first-order valence-corrected chi connectivity index (χ1v) is 5.36. The van der Waals surface area contributed by atoms with Crippen molar-refractivity contribution in [2.75, 3.05) is 6.61 Å². The molecule has 0 radical (unpaired) electrons. The second-order valence-corrected chi connectivity index (χ2v) is 3.99. The zero-order valence-electron chi connectivity index (χ0n) is 9.86. The summed E-state index contributed by atoms with van der Waals surface area (Å²) in [5.41, 5.74) is 7.90. The number of aryl methyl sites for hydroxylation is 2. The minimum atomic E-state index is -0.486. The quantitative estimate of drug-likeness (QED) is 0.873. The van der Waals surface area contributed by atoms with Crippen LogP contribution in [0.15, 0.2) is 24.3 Å². The van der Waals surface area contributed by atoms with E-state index in [1.807, 2.05) is 38.1 Å². The summed E-state index contributed by atoms with van der Waals surface area (Å²) in [7, 11) is 0. The maximum Gasteiger partial charge on any atom is 0.255 e. The smallest absolute Gasteiger partial charge is 0.255 e. The molecular weight excluding hydrogens is 216 g/mol. The Kier molecular flexibility index (Phi) is 2.95. The molecule has 0 saturated carbocycles. The van der Waals surface area contributed by atoms with Gasteiger partial charge >= 0.3 is 0 Å². The molecule has 17 heavy (non-hydrogen) atoms. The van der Waals surface area contributed by atoms with Crippen LogP contribution in [0.5, 0.6) is 5.75 Å². The molecular formula is C13H14N2O2. The lowest BCUT2D eigenvalue weighted by molar-refractivity contribution is -0.119. The van der Waals surface area contributed by atoms with Crippen molar-refractivity contribution in [1.82, 2.24) is 4.98 Å². The van der Waals surface area contributed by atoms with Gasteiger partial charge in [0.2, 0.25) is 0 Å². The number of primary amides is 1. The highest BCUT2D eigenvalue weighted by Crippen LogP contribution is 2.27. The summed E-state index contributed by atoms with van der Waals surface area (Å²) in [6, 6.07) is 7.66. The van der Waals surface area contributed by atoms with Gasteiger partial charge in [-0.1, -0.05) is 12.1 Å². The molecule has 0 saturated heterocycles. The van der Waals surface area contributed by atoms with E-state index in [0.29, 0.717) is 5.75 Å². The van der Waals surface area contributed by atoms with Crippen LogP contribution >= 0.6 is 0 Å². The van der Waals surface area contributed by atoms with Crippen LogP contribution in [-0.4, -0.2) is 17.5 Å². The van der Waals surface area contributed by atoms with E-state index in [4.69, 9.17) is 10.5 Å². The van der Waals surface area contributed by atoms with Gasteiger partial charge in [0.25, 0.3) is 5.91 Å². The molecule has 2 rings (SSSR count). The van der Waals surface area contributed by atoms with Crippen molar-refractivity contribution in [3.63, 3.8) is 0 Å². The van der Waals surface area contributed by atoms with E-state index in [1.165, 1.54) is 0 Å². The highest BCUT2D eigenvalue weighted by atomic mass is 16.5. The first-order valence-electron chi connectivity index (χ1n) is 5.36. The Morgan fingerprint density at radius 1 is 1.41 bits per heavy atom. The Hall–Kier alpha value is -2.10. The molecule has 2 N–H and O–H groups in total. The summed E-state index contributed by atoms with van der Waals surface area (Å²) in [4.78, 5) is 15.2. The topological polar surface area (TPSA) is 65.2 Å². The molecule has 1 aromatic heterocycles. The molecule has 4 nitrogen and oxygen atoms in total. The van der Waals surface area contributed by atoms with Crippen molar-refractivity contribution >= 4 is 16.8 Å². The van der Waals surface area contributed by atoms with E-state index in [2.05, 4.69) is 4.98 Å². The normalized spacial score (nSPS) is 10.5. The van der Waals surface area contributed by atoms with Gasteiger partial charge < -0.3 is 10.5 Å². The van der Waals surface area contributed by atoms with Crippen molar-refractivity contribution in [2.24, 2.45) is 5.73 Å². The van der Waals surface area contributed by atoms with E-state index in [0.717, 1.165) is 22.2 Å². The maximum absolute atomic E-state index is 10.7. The number of nitrogens with zero attached hydrogens (tertiary/aromatic N) is 1. The fraction of sp³-hybridized carbons (Fsp3) is 0.231. The number of carbonyl (C=O) groups excluding carboxylic acids is 1. The van der Waals surface area contributed by atoms with E-state index >= 15 is 0 Å². The van der Waals surface area contributed by atoms with E-state index in [1.54, 1.807) is 0 Å².